The second kappa shape index (κ2) is 4.92. The minimum absolute atomic E-state index is 0.463. The molecule has 5 nitrogen and oxygen atoms in total. The molecule has 88 valence electrons. The van der Waals surface area contributed by atoms with E-state index >= 15 is 0 Å². The van der Waals surface area contributed by atoms with Gasteiger partial charge in [0.2, 0.25) is 0 Å². The summed E-state index contributed by atoms with van der Waals surface area (Å²) in [4.78, 5) is 6.30. The van der Waals surface area contributed by atoms with E-state index in [0.29, 0.717) is 6.54 Å². The average Bonchev–Trinajstić information content (AvgIpc) is 2.19. The van der Waals surface area contributed by atoms with E-state index < -0.39 is 11.6 Å². The molecule has 0 spiro atoms. The second-order valence-corrected chi connectivity index (χ2v) is 4.39. The van der Waals surface area contributed by atoms with Crippen LogP contribution in [0.2, 0.25) is 0 Å². The number of nitrogens with zero attached hydrogens (tertiary/aromatic N) is 2. The molecule has 2 unspecified atom stereocenters. The first-order valence-electron chi connectivity index (χ1n) is 5.33. The Morgan fingerprint density at radius 3 is 2.87 bits per heavy atom. The monoisotopic (exact) mass is 214 g/mol. The summed E-state index contributed by atoms with van der Waals surface area (Å²) < 4.78 is 0. The fraction of sp³-hybridized carbons (Fsp3) is 0.900. The molecule has 0 aromatic heterocycles. The van der Waals surface area contributed by atoms with Gasteiger partial charge >= 0.3 is 0 Å². The number of hydrogen-bond donors (Lipinski definition) is 3. The summed E-state index contributed by atoms with van der Waals surface area (Å²) in [6.45, 7) is 4.06. The normalized spacial score (nSPS) is 33.3. The quantitative estimate of drug-likeness (QED) is 0.408. The molecule has 2 atom stereocenters. The molecular weight excluding hydrogens is 192 g/mol. The van der Waals surface area contributed by atoms with Gasteiger partial charge in [-0.2, -0.15) is 0 Å². The van der Waals surface area contributed by atoms with Crippen LogP contribution in [0, 0.1) is 0 Å². The van der Waals surface area contributed by atoms with Crippen LogP contribution in [0.4, 0.5) is 0 Å². The highest BCUT2D eigenvalue weighted by Crippen LogP contribution is 2.19. The third kappa shape index (κ3) is 2.90. The summed E-state index contributed by atoms with van der Waals surface area (Å²) in [5.74, 6) is 0.979. The highest BCUT2D eigenvalue weighted by atomic mass is 16.3. The van der Waals surface area contributed by atoms with Crippen LogP contribution in [-0.4, -0.2) is 61.2 Å². The first-order valence-corrected chi connectivity index (χ1v) is 5.33. The van der Waals surface area contributed by atoms with Crippen LogP contribution in [0.25, 0.3) is 0 Å². The first kappa shape index (κ1) is 12.4. The van der Waals surface area contributed by atoms with Gasteiger partial charge in [0.15, 0.2) is 0 Å². The number of aliphatic hydroxyl groups is 1. The minimum Gasteiger partial charge on any atom is -0.389 e. The maximum atomic E-state index is 9.88. The van der Waals surface area contributed by atoms with Crippen molar-refractivity contribution in [3.63, 3.8) is 0 Å². The van der Waals surface area contributed by atoms with Crippen molar-refractivity contribution in [1.29, 1.82) is 0 Å². The van der Waals surface area contributed by atoms with Crippen molar-refractivity contribution in [3.05, 3.63) is 0 Å². The lowest BCUT2D eigenvalue weighted by atomic mass is 9.88. The number of likely N-dealkylation sites (N-methyl/N-ethyl adjacent to an activating group) is 1. The van der Waals surface area contributed by atoms with E-state index in [1.807, 2.05) is 14.0 Å². The minimum atomic E-state index is -0.486. The lowest BCUT2D eigenvalue weighted by molar-refractivity contribution is 0.0356. The van der Waals surface area contributed by atoms with Crippen LogP contribution < -0.4 is 11.1 Å². The number of aliphatic imine (C=N–C) groups is 1. The Hall–Kier alpha value is -0.650. The van der Waals surface area contributed by atoms with Gasteiger partial charge in [-0.25, -0.2) is 0 Å². The molecule has 15 heavy (non-hydrogen) atoms. The number of nitrogens with one attached hydrogen (secondary N) is 1. The number of likely N-dealkylation sites (tertiary alicyclic amines) is 1. The van der Waals surface area contributed by atoms with Crippen LogP contribution in [0.1, 0.15) is 13.3 Å². The Morgan fingerprint density at radius 2 is 2.40 bits per heavy atom. The van der Waals surface area contributed by atoms with Crippen LogP contribution in [-0.2, 0) is 0 Å². The van der Waals surface area contributed by atoms with Crippen LogP contribution >= 0.6 is 0 Å². The molecule has 1 rings (SSSR count). The molecular formula is C10H22N4O. The van der Waals surface area contributed by atoms with Crippen molar-refractivity contribution in [2.24, 2.45) is 10.7 Å². The molecule has 4 N–H and O–H groups in total. The van der Waals surface area contributed by atoms with Crippen molar-refractivity contribution >= 4 is 5.84 Å². The Balaban J connectivity index is 2.61. The van der Waals surface area contributed by atoms with Gasteiger partial charge in [0.05, 0.1) is 12.6 Å². The van der Waals surface area contributed by atoms with Gasteiger partial charge in [0, 0.05) is 25.7 Å². The van der Waals surface area contributed by atoms with E-state index in [9.17, 15) is 5.11 Å². The number of β-amino-alcohol motifs (C(OH)–C–C–N with tert-alkyl or cyclic N) is 1. The highest BCUT2D eigenvalue weighted by molar-refractivity contribution is 5.84. The third-order valence-corrected chi connectivity index (χ3v) is 3.03. The molecule has 1 heterocycles. The van der Waals surface area contributed by atoms with Crippen molar-refractivity contribution in [2.45, 2.75) is 25.0 Å². The summed E-state index contributed by atoms with van der Waals surface area (Å²) in [7, 11) is 3.66. The summed E-state index contributed by atoms with van der Waals surface area (Å²) in [5.41, 5.74) is 5.50. The summed E-state index contributed by atoms with van der Waals surface area (Å²) in [5, 5.41) is 12.9. The van der Waals surface area contributed by atoms with Crippen molar-refractivity contribution in [3.8, 4) is 0 Å². The van der Waals surface area contributed by atoms with E-state index in [2.05, 4.69) is 15.2 Å². The van der Waals surface area contributed by atoms with Crippen LogP contribution in [0.5, 0.6) is 0 Å². The fourth-order valence-corrected chi connectivity index (χ4v) is 1.78. The summed E-state index contributed by atoms with van der Waals surface area (Å²) in [6, 6.07) is 0. The zero-order valence-electron chi connectivity index (χ0n) is 9.82. The smallest absolute Gasteiger partial charge is 0.113 e. The number of hydrogen-bond acceptors (Lipinski definition) is 4. The van der Waals surface area contributed by atoms with Crippen molar-refractivity contribution in [1.82, 2.24) is 10.2 Å². The van der Waals surface area contributed by atoms with Gasteiger partial charge in [0.25, 0.3) is 0 Å². The molecule has 1 fully saturated rings. The predicted molar refractivity (Wildman–Crippen MR) is 62.1 cm³/mol. The number of nitrogens with two attached hydrogens (primary N) is 1. The predicted octanol–water partition coefficient (Wildman–Crippen LogP) is -0.982. The Labute approximate surface area is 91.4 Å². The second-order valence-electron chi connectivity index (χ2n) is 4.39. The van der Waals surface area contributed by atoms with Crippen LogP contribution in [0.15, 0.2) is 4.99 Å². The summed E-state index contributed by atoms with van der Waals surface area (Å²) in [6.07, 6.45) is 0.302. The molecule has 0 bridgehead atoms. The van der Waals surface area contributed by atoms with E-state index in [1.165, 1.54) is 0 Å². The Morgan fingerprint density at radius 1 is 1.73 bits per heavy atom. The SMILES string of the molecule is CN=C(CNC)N1CCC(C)(N)C(O)C1. The first-order chi connectivity index (χ1) is 7.01. The highest BCUT2D eigenvalue weighted by Gasteiger charge is 2.35. The number of aliphatic hydroxyl groups excluding tert-OH is 1. The molecule has 5 heteroatoms. The Bertz CT molecular complexity index is 240. The number of piperidine rings is 1. The molecule has 0 amide bonds. The molecule has 0 saturated carbocycles. The zero-order valence-corrected chi connectivity index (χ0v) is 9.82. The standard InChI is InChI=1S/C10H22N4O/c1-10(11)4-5-14(7-8(10)15)9(13-3)6-12-2/h8,12,15H,4-7,11H2,1-3H3. The molecule has 0 aliphatic carbocycles. The van der Waals surface area contributed by atoms with Crippen LogP contribution in [0.3, 0.4) is 0 Å². The van der Waals surface area contributed by atoms with Gasteiger partial charge in [-0.15, -0.1) is 0 Å². The topological polar surface area (TPSA) is 73.9 Å². The third-order valence-electron chi connectivity index (χ3n) is 3.03. The lowest BCUT2D eigenvalue weighted by Crippen LogP contribution is -2.60. The molecule has 0 radical (unpaired) electrons. The average molecular weight is 214 g/mol. The maximum absolute atomic E-state index is 9.88. The summed E-state index contributed by atoms with van der Waals surface area (Å²) >= 11 is 0. The van der Waals surface area contributed by atoms with Crippen molar-refractivity contribution < 1.29 is 5.11 Å². The van der Waals surface area contributed by atoms with E-state index in [4.69, 9.17) is 5.73 Å². The Kier molecular flexibility index (Phi) is 4.07. The largest absolute Gasteiger partial charge is 0.389 e. The molecule has 1 aliphatic heterocycles. The molecule has 0 aromatic rings. The van der Waals surface area contributed by atoms with Gasteiger partial charge < -0.3 is 21.1 Å². The molecule has 0 aromatic carbocycles. The van der Waals surface area contributed by atoms with Gasteiger partial charge in [-0.1, -0.05) is 0 Å². The maximum Gasteiger partial charge on any atom is 0.113 e. The number of amidine groups is 1. The lowest BCUT2D eigenvalue weighted by Gasteiger charge is -2.42. The van der Waals surface area contributed by atoms with Crippen molar-refractivity contribution in [2.75, 3.05) is 33.7 Å². The van der Waals surface area contributed by atoms with Gasteiger partial charge in [-0.05, 0) is 20.4 Å². The van der Waals surface area contributed by atoms with E-state index in [0.717, 1.165) is 25.3 Å². The molecule has 1 saturated heterocycles. The van der Waals surface area contributed by atoms with E-state index in [1.54, 1.807) is 7.05 Å². The molecule has 1 aliphatic rings. The fourth-order valence-electron chi connectivity index (χ4n) is 1.78. The zero-order chi connectivity index (χ0) is 11.5. The van der Waals surface area contributed by atoms with E-state index in [-0.39, 0.29) is 0 Å². The van der Waals surface area contributed by atoms with Gasteiger partial charge in [0.1, 0.15) is 5.84 Å². The number of rotatable bonds is 2. The van der Waals surface area contributed by atoms with Gasteiger partial charge in [-0.3, -0.25) is 4.99 Å².